The van der Waals surface area contributed by atoms with Gasteiger partial charge in [0.05, 0.1) is 0 Å². The van der Waals surface area contributed by atoms with Crippen LogP contribution in [0.3, 0.4) is 0 Å². The molecule has 4 heteroatoms. The lowest BCUT2D eigenvalue weighted by atomic mass is 10.1. The van der Waals surface area contributed by atoms with Gasteiger partial charge in [0, 0.05) is 21.8 Å². The van der Waals surface area contributed by atoms with Crippen molar-refractivity contribution in [3.8, 4) is 11.4 Å². The third-order valence-corrected chi connectivity index (χ3v) is 3.09. The molecule has 0 saturated carbocycles. The summed E-state index contributed by atoms with van der Waals surface area (Å²) in [6.07, 6.45) is 0.756. The Kier molecular flexibility index (Phi) is 3.43. The van der Waals surface area contributed by atoms with Gasteiger partial charge in [-0.3, -0.25) is 4.79 Å². The van der Waals surface area contributed by atoms with Crippen LogP contribution in [0, 0.1) is 6.92 Å². The molecule has 3 nitrogen and oxygen atoms in total. The highest BCUT2D eigenvalue weighted by molar-refractivity contribution is 9.10. The molecule has 0 radical (unpaired) electrons. The molecule has 88 valence electrons. The number of hydrogen-bond donors (Lipinski definition) is 1. The van der Waals surface area contributed by atoms with Crippen molar-refractivity contribution in [1.29, 1.82) is 0 Å². The zero-order valence-corrected chi connectivity index (χ0v) is 11.3. The van der Waals surface area contributed by atoms with Gasteiger partial charge in [0.25, 0.3) is 5.56 Å². The van der Waals surface area contributed by atoms with Crippen LogP contribution in [0.4, 0.5) is 0 Å². The van der Waals surface area contributed by atoms with Crippen LogP contribution in [-0.2, 0) is 6.42 Å². The Labute approximate surface area is 108 Å². The Morgan fingerprint density at radius 3 is 2.76 bits per heavy atom. The zero-order chi connectivity index (χ0) is 12.4. The summed E-state index contributed by atoms with van der Waals surface area (Å²) < 4.78 is 1.02. The fraction of sp³-hybridized carbons (Fsp3) is 0.231. The lowest BCUT2D eigenvalue weighted by Gasteiger charge is -2.06. The molecular weight excluding hydrogens is 280 g/mol. The number of hydrogen-bond acceptors (Lipinski definition) is 2. The summed E-state index contributed by atoms with van der Waals surface area (Å²) in [5, 5.41) is 0. The minimum absolute atomic E-state index is 0.103. The second kappa shape index (κ2) is 4.84. The van der Waals surface area contributed by atoms with E-state index in [1.165, 1.54) is 6.07 Å². The van der Waals surface area contributed by atoms with Crippen LogP contribution in [0.5, 0.6) is 0 Å². The highest BCUT2D eigenvalue weighted by Crippen LogP contribution is 2.22. The molecule has 0 aliphatic carbocycles. The topological polar surface area (TPSA) is 45.8 Å². The molecule has 0 aliphatic heterocycles. The third kappa shape index (κ3) is 2.64. The number of H-pyrrole nitrogens is 1. The van der Waals surface area contributed by atoms with Crippen molar-refractivity contribution in [3.05, 3.63) is 50.3 Å². The third-order valence-electron chi connectivity index (χ3n) is 2.60. The van der Waals surface area contributed by atoms with Gasteiger partial charge in [-0.05, 0) is 37.1 Å². The van der Waals surface area contributed by atoms with Gasteiger partial charge < -0.3 is 4.98 Å². The molecule has 0 saturated heterocycles. The number of aromatic amines is 1. The Morgan fingerprint density at radius 1 is 1.35 bits per heavy atom. The highest BCUT2D eigenvalue weighted by atomic mass is 79.9. The molecule has 0 fully saturated rings. The second-order valence-corrected chi connectivity index (χ2v) is 4.81. The number of aryl methyl sites for hydroxylation is 2. The predicted octanol–water partition coefficient (Wildman–Crippen LogP) is 3.07. The van der Waals surface area contributed by atoms with E-state index in [1.54, 1.807) is 0 Å². The maximum Gasteiger partial charge on any atom is 0.251 e. The van der Waals surface area contributed by atoms with Crippen LogP contribution >= 0.6 is 15.9 Å². The van der Waals surface area contributed by atoms with E-state index in [0.29, 0.717) is 5.82 Å². The number of nitrogens with zero attached hydrogens (tertiary/aromatic N) is 1. The van der Waals surface area contributed by atoms with Gasteiger partial charge in [-0.1, -0.05) is 22.9 Å². The van der Waals surface area contributed by atoms with Crippen molar-refractivity contribution in [1.82, 2.24) is 9.97 Å². The summed E-state index contributed by atoms with van der Waals surface area (Å²) >= 11 is 3.42. The summed E-state index contributed by atoms with van der Waals surface area (Å²) in [4.78, 5) is 18.7. The van der Waals surface area contributed by atoms with Gasteiger partial charge in [-0.2, -0.15) is 0 Å². The molecule has 0 amide bonds. The number of nitrogens with one attached hydrogen (secondary N) is 1. The minimum Gasteiger partial charge on any atom is -0.307 e. The molecule has 2 aromatic rings. The maximum atomic E-state index is 11.5. The fourth-order valence-electron chi connectivity index (χ4n) is 1.71. The predicted molar refractivity (Wildman–Crippen MR) is 72.1 cm³/mol. The van der Waals surface area contributed by atoms with Gasteiger partial charge in [-0.15, -0.1) is 0 Å². The minimum atomic E-state index is -0.103. The average molecular weight is 293 g/mol. The first kappa shape index (κ1) is 12.0. The molecule has 0 unspecified atom stereocenters. The number of aromatic nitrogens is 2. The van der Waals surface area contributed by atoms with Gasteiger partial charge in [0.2, 0.25) is 0 Å². The molecule has 17 heavy (non-hydrogen) atoms. The molecular formula is C13H13BrN2O. The van der Waals surface area contributed by atoms with E-state index in [2.05, 4.69) is 25.9 Å². The van der Waals surface area contributed by atoms with Crippen molar-refractivity contribution in [3.63, 3.8) is 0 Å². The second-order valence-electron chi connectivity index (χ2n) is 3.90. The van der Waals surface area contributed by atoms with E-state index in [0.717, 1.165) is 27.7 Å². The van der Waals surface area contributed by atoms with Crippen molar-refractivity contribution >= 4 is 15.9 Å². The first-order valence-electron chi connectivity index (χ1n) is 5.47. The lowest BCUT2D eigenvalue weighted by Crippen LogP contribution is -2.10. The van der Waals surface area contributed by atoms with E-state index < -0.39 is 0 Å². The van der Waals surface area contributed by atoms with Crippen LogP contribution in [0.15, 0.2) is 33.5 Å². The molecule has 0 atom stereocenters. The van der Waals surface area contributed by atoms with Crippen LogP contribution in [0.1, 0.15) is 18.2 Å². The van der Waals surface area contributed by atoms with Gasteiger partial charge >= 0.3 is 0 Å². The highest BCUT2D eigenvalue weighted by Gasteiger charge is 2.06. The van der Waals surface area contributed by atoms with Crippen molar-refractivity contribution in [2.75, 3.05) is 0 Å². The summed E-state index contributed by atoms with van der Waals surface area (Å²) in [5.74, 6) is 0.638. The number of halogens is 1. The van der Waals surface area contributed by atoms with Crippen LogP contribution in [0.25, 0.3) is 11.4 Å². The SMILES string of the molecule is CCc1cc(=O)[nH]c(-c2ccc(Br)cc2C)n1. The van der Waals surface area contributed by atoms with E-state index in [1.807, 2.05) is 32.0 Å². The summed E-state index contributed by atoms with van der Waals surface area (Å²) in [6.45, 7) is 3.98. The first-order chi connectivity index (χ1) is 8.10. The number of rotatable bonds is 2. The largest absolute Gasteiger partial charge is 0.307 e. The van der Waals surface area contributed by atoms with Crippen molar-refractivity contribution < 1.29 is 0 Å². The van der Waals surface area contributed by atoms with E-state index in [-0.39, 0.29) is 5.56 Å². The van der Waals surface area contributed by atoms with E-state index in [4.69, 9.17) is 0 Å². The van der Waals surface area contributed by atoms with E-state index in [9.17, 15) is 4.79 Å². The van der Waals surface area contributed by atoms with Crippen LogP contribution in [-0.4, -0.2) is 9.97 Å². The van der Waals surface area contributed by atoms with E-state index >= 15 is 0 Å². The molecule has 1 aromatic heterocycles. The standard InChI is InChI=1S/C13H13BrN2O/c1-3-10-7-12(17)16-13(15-10)11-5-4-9(14)6-8(11)2/h4-7H,3H2,1-2H3,(H,15,16,17). The smallest absolute Gasteiger partial charge is 0.251 e. The fourth-order valence-corrected chi connectivity index (χ4v) is 2.18. The van der Waals surface area contributed by atoms with Crippen molar-refractivity contribution in [2.45, 2.75) is 20.3 Å². The molecule has 1 aromatic carbocycles. The monoisotopic (exact) mass is 292 g/mol. The number of benzene rings is 1. The normalized spacial score (nSPS) is 10.5. The summed E-state index contributed by atoms with van der Waals surface area (Å²) in [7, 11) is 0. The maximum absolute atomic E-state index is 11.5. The molecule has 0 aliphatic rings. The molecule has 1 N–H and O–H groups in total. The average Bonchev–Trinajstić information content (AvgIpc) is 2.28. The summed E-state index contributed by atoms with van der Waals surface area (Å²) in [5.41, 5.74) is 2.75. The Bertz CT molecular complexity index is 605. The Balaban J connectivity index is 2.60. The Hall–Kier alpha value is -1.42. The molecule has 2 rings (SSSR count). The van der Waals surface area contributed by atoms with Crippen LogP contribution in [0.2, 0.25) is 0 Å². The van der Waals surface area contributed by atoms with Gasteiger partial charge in [-0.25, -0.2) is 4.98 Å². The lowest BCUT2D eigenvalue weighted by molar-refractivity contribution is 0.985. The summed E-state index contributed by atoms with van der Waals surface area (Å²) in [6, 6.07) is 7.45. The molecule has 0 spiro atoms. The van der Waals surface area contributed by atoms with Crippen molar-refractivity contribution in [2.24, 2.45) is 0 Å². The first-order valence-corrected chi connectivity index (χ1v) is 6.26. The van der Waals surface area contributed by atoms with Gasteiger partial charge in [0.15, 0.2) is 0 Å². The molecule has 0 bridgehead atoms. The Morgan fingerprint density at radius 2 is 2.12 bits per heavy atom. The quantitative estimate of drug-likeness (QED) is 0.925. The van der Waals surface area contributed by atoms with Gasteiger partial charge in [0.1, 0.15) is 5.82 Å². The molecule has 1 heterocycles. The zero-order valence-electron chi connectivity index (χ0n) is 9.75. The van der Waals surface area contributed by atoms with Crippen LogP contribution < -0.4 is 5.56 Å².